The van der Waals surface area contributed by atoms with Crippen molar-refractivity contribution < 1.29 is 9.84 Å². The number of halogens is 1. The van der Waals surface area contributed by atoms with Gasteiger partial charge in [-0.15, -0.1) is 11.3 Å². The molecular formula is C14H15BrO2S. The highest BCUT2D eigenvalue weighted by molar-refractivity contribution is 9.10. The smallest absolute Gasteiger partial charge is 0.122 e. The fourth-order valence-electron chi connectivity index (χ4n) is 1.90. The number of aryl methyl sites for hydroxylation is 1. The van der Waals surface area contributed by atoms with Gasteiger partial charge in [-0.2, -0.15) is 0 Å². The van der Waals surface area contributed by atoms with E-state index < -0.39 is 6.10 Å². The topological polar surface area (TPSA) is 29.5 Å². The van der Waals surface area contributed by atoms with Crippen LogP contribution in [0.25, 0.3) is 0 Å². The van der Waals surface area contributed by atoms with Crippen LogP contribution in [0.2, 0.25) is 0 Å². The number of hydrogen-bond acceptors (Lipinski definition) is 3. The Kier molecular flexibility index (Phi) is 4.43. The molecule has 0 spiro atoms. The van der Waals surface area contributed by atoms with E-state index in [4.69, 9.17) is 4.74 Å². The lowest BCUT2D eigenvalue weighted by molar-refractivity contribution is 0.180. The molecule has 2 nitrogen and oxygen atoms in total. The lowest BCUT2D eigenvalue weighted by Crippen LogP contribution is -2.02. The molecule has 1 atom stereocenters. The number of aliphatic hydroxyl groups is 1. The normalized spacial score (nSPS) is 12.4. The summed E-state index contributed by atoms with van der Waals surface area (Å²) in [6.07, 6.45) is 0.0529. The Hall–Kier alpha value is -0.840. The van der Waals surface area contributed by atoms with Crippen LogP contribution >= 0.6 is 27.3 Å². The minimum Gasteiger partial charge on any atom is -0.496 e. The second-order valence-electron chi connectivity index (χ2n) is 4.10. The average Bonchev–Trinajstić information content (AvgIpc) is 2.69. The van der Waals surface area contributed by atoms with Crippen LogP contribution < -0.4 is 4.74 Å². The van der Waals surface area contributed by atoms with E-state index in [9.17, 15) is 5.11 Å². The minimum atomic E-state index is -0.505. The number of para-hydroxylation sites is 1. The molecule has 1 unspecified atom stereocenters. The lowest BCUT2D eigenvalue weighted by Gasteiger charge is -2.12. The van der Waals surface area contributed by atoms with E-state index in [1.165, 1.54) is 4.88 Å². The van der Waals surface area contributed by atoms with Gasteiger partial charge < -0.3 is 9.84 Å². The van der Waals surface area contributed by atoms with Gasteiger partial charge in [-0.1, -0.05) is 18.2 Å². The van der Waals surface area contributed by atoms with Crippen molar-refractivity contribution in [2.75, 3.05) is 7.11 Å². The van der Waals surface area contributed by atoms with Crippen molar-refractivity contribution in [3.8, 4) is 5.75 Å². The molecule has 4 heteroatoms. The third-order valence-electron chi connectivity index (χ3n) is 2.74. The molecule has 0 bridgehead atoms. The van der Waals surface area contributed by atoms with Crippen molar-refractivity contribution in [2.45, 2.75) is 19.4 Å². The largest absolute Gasteiger partial charge is 0.496 e. The summed E-state index contributed by atoms with van der Waals surface area (Å²) in [6, 6.07) is 9.82. The summed E-state index contributed by atoms with van der Waals surface area (Å²) in [5, 5.41) is 10.3. The van der Waals surface area contributed by atoms with Gasteiger partial charge in [0.2, 0.25) is 0 Å². The molecule has 0 radical (unpaired) electrons. The van der Waals surface area contributed by atoms with Crippen molar-refractivity contribution in [2.24, 2.45) is 0 Å². The summed E-state index contributed by atoms with van der Waals surface area (Å²) in [7, 11) is 1.65. The molecule has 0 saturated carbocycles. The number of hydrogen-bond donors (Lipinski definition) is 1. The fraction of sp³-hybridized carbons (Fsp3) is 0.286. The summed E-state index contributed by atoms with van der Waals surface area (Å²) in [5.41, 5.74) is 1.02. The summed E-state index contributed by atoms with van der Waals surface area (Å²) in [5.74, 6) is 0.820. The molecule has 0 fully saturated rings. The highest BCUT2D eigenvalue weighted by atomic mass is 79.9. The van der Waals surface area contributed by atoms with Gasteiger partial charge in [0.05, 0.1) is 13.2 Å². The van der Waals surface area contributed by atoms with Gasteiger partial charge in [0, 0.05) is 20.6 Å². The SMILES string of the molecule is COc1ccccc1CC(O)c1sc(C)cc1Br. The van der Waals surface area contributed by atoms with Crippen molar-refractivity contribution in [3.63, 3.8) is 0 Å². The van der Waals surface area contributed by atoms with Crippen LogP contribution in [0.5, 0.6) is 5.75 Å². The van der Waals surface area contributed by atoms with E-state index in [1.807, 2.05) is 37.3 Å². The average molecular weight is 327 g/mol. The van der Waals surface area contributed by atoms with Gasteiger partial charge in [-0.3, -0.25) is 0 Å². The van der Waals surface area contributed by atoms with E-state index in [1.54, 1.807) is 18.4 Å². The maximum Gasteiger partial charge on any atom is 0.122 e. The number of thiophene rings is 1. The molecule has 2 rings (SSSR count). The van der Waals surface area contributed by atoms with Crippen LogP contribution in [-0.2, 0) is 6.42 Å². The predicted octanol–water partition coefficient (Wildman–Crippen LogP) is 4.10. The van der Waals surface area contributed by atoms with Gasteiger partial charge in [0.1, 0.15) is 5.75 Å². The second kappa shape index (κ2) is 5.87. The Balaban J connectivity index is 2.21. The number of rotatable bonds is 4. The summed E-state index contributed by atoms with van der Waals surface area (Å²) < 4.78 is 6.28. The van der Waals surface area contributed by atoms with E-state index in [2.05, 4.69) is 15.9 Å². The van der Waals surface area contributed by atoms with E-state index in [0.29, 0.717) is 6.42 Å². The first-order chi connectivity index (χ1) is 8.61. The molecule has 0 aliphatic carbocycles. The van der Waals surface area contributed by atoms with E-state index in [-0.39, 0.29) is 0 Å². The molecule has 1 aromatic carbocycles. The van der Waals surface area contributed by atoms with Crippen molar-refractivity contribution >= 4 is 27.3 Å². The first kappa shape index (κ1) is 13.6. The Labute approximate surface area is 119 Å². The minimum absolute atomic E-state index is 0.505. The molecule has 1 heterocycles. The maximum absolute atomic E-state index is 10.3. The number of ether oxygens (including phenoxy) is 1. The molecule has 2 aromatic rings. The monoisotopic (exact) mass is 326 g/mol. The maximum atomic E-state index is 10.3. The van der Waals surface area contributed by atoms with Crippen LogP contribution in [0, 0.1) is 6.92 Å². The van der Waals surface area contributed by atoms with Crippen molar-refractivity contribution in [1.29, 1.82) is 0 Å². The second-order valence-corrected chi connectivity index (χ2v) is 6.24. The number of aliphatic hydroxyl groups excluding tert-OH is 1. The Morgan fingerprint density at radius 1 is 1.39 bits per heavy atom. The van der Waals surface area contributed by atoms with Gasteiger partial charge in [-0.05, 0) is 40.5 Å². The van der Waals surface area contributed by atoms with Gasteiger partial charge in [0.25, 0.3) is 0 Å². The highest BCUT2D eigenvalue weighted by Crippen LogP contribution is 2.34. The quantitative estimate of drug-likeness (QED) is 0.916. The van der Waals surface area contributed by atoms with Crippen LogP contribution in [0.4, 0.5) is 0 Å². The zero-order valence-electron chi connectivity index (χ0n) is 10.3. The highest BCUT2D eigenvalue weighted by Gasteiger charge is 2.16. The molecule has 96 valence electrons. The molecule has 0 aliphatic heterocycles. The summed E-state index contributed by atoms with van der Waals surface area (Å²) in [4.78, 5) is 2.16. The zero-order valence-corrected chi connectivity index (χ0v) is 12.7. The summed E-state index contributed by atoms with van der Waals surface area (Å²) >= 11 is 5.10. The number of methoxy groups -OCH3 is 1. The number of benzene rings is 1. The van der Waals surface area contributed by atoms with E-state index >= 15 is 0 Å². The van der Waals surface area contributed by atoms with Crippen molar-refractivity contribution in [1.82, 2.24) is 0 Å². The molecule has 0 amide bonds. The van der Waals surface area contributed by atoms with Gasteiger partial charge in [0.15, 0.2) is 0 Å². The third-order valence-corrected chi connectivity index (χ3v) is 4.82. The Morgan fingerprint density at radius 2 is 2.11 bits per heavy atom. The van der Waals surface area contributed by atoms with Crippen molar-refractivity contribution in [3.05, 3.63) is 50.1 Å². The van der Waals surface area contributed by atoms with Crippen LogP contribution in [0.15, 0.2) is 34.8 Å². The zero-order chi connectivity index (χ0) is 13.1. The van der Waals surface area contributed by atoms with E-state index in [0.717, 1.165) is 20.7 Å². The molecule has 0 saturated heterocycles. The first-order valence-electron chi connectivity index (χ1n) is 5.67. The molecule has 1 N–H and O–H groups in total. The van der Waals surface area contributed by atoms with Crippen LogP contribution in [0.3, 0.4) is 0 Å². The molecule has 18 heavy (non-hydrogen) atoms. The van der Waals surface area contributed by atoms with Gasteiger partial charge in [-0.25, -0.2) is 0 Å². The molecule has 1 aromatic heterocycles. The van der Waals surface area contributed by atoms with Gasteiger partial charge >= 0.3 is 0 Å². The lowest BCUT2D eigenvalue weighted by atomic mass is 10.1. The molecule has 0 aliphatic rings. The Morgan fingerprint density at radius 3 is 2.72 bits per heavy atom. The first-order valence-corrected chi connectivity index (χ1v) is 7.28. The van der Waals surface area contributed by atoms with Crippen LogP contribution in [0.1, 0.15) is 21.4 Å². The standard InChI is InChI=1S/C14H15BrO2S/c1-9-7-11(15)14(18-9)12(16)8-10-5-3-4-6-13(10)17-2/h3-7,12,16H,8H2,1-2H3. The van der Waals surface area contributed by atoms with Crippen LogP contribution in [-0.4, -0.2) is 12.2 Å². The summed E-state index contributed by atoms with van der Waals surface area (Å²) in [6.45, 7) is 2.04. The Bertz CT molecular complexity index is 536. The third kappa shape index (κ3) is 2.94. The molecular weight excluding hydrogens is 312 g/mol. The fourth-order valence-corrected chi connectivity index (χ4v) is 3.80. The predicted molar refractivity (Wildman–Crippen MR) is 78.4 cm³/mol.